The average molecular weight is 220 g/mol. The van der Waals surface area contributed by atoms with Crippen molar-refractivity contribution >= 4 is 35.0 Å². The molecule has 2 rings (SSSR count). The van der Waals surface area contributed by atoms with Gasteiger partial charge in [-0.3, -0.25) is 0 Å². The minimum Gasteiger partial charge on any atom is -0.304 e. The van der Waals surface area contributed by atoms with E-state index in [-0.39, 0.29) is 5.71 Å². The van der Waals surface area contributed by atoms with E-state index in [0.29, 0.717) is 10.6 Å². The van der Waals surface area contributed by atoms with Crippen LogP contribution in [0.15, 0.2) is 27.0 Å². The molecule has 0 aliphatic carbocycles. The van der Waals surface area contributed by atoms with Gasteiger partial charge in [-0.05, 0) is 6.07 Å². The molecular formula is C8H4N4O2S. The lowest BCUT2D eigenvalue weighted by Crippen LogP contribution is -2.24. The Hall–Kier alpha value is -2.02. The number of aliphatic imine (C=N–C) groups is 2. The molecule has 2 heterocycles. The molecule has 1 aliphatic rings. The van der Waals surface area contributed by atoms with Crippen LogP contribution in [0.25, 0.3) is 0 Å². The molecule has 0 radical (unpaired) electrons. The largest absolute Gasteiger partial charge is 0.367 e. The van der Waals surface area contributed by atoms with Gasteiger partial charge in [-0.2, -0.15) is 9.98 Å². The van der Waals surface area contributed by atoms with Gasteiger partial charge in [-0.15, -0.1) is 0 Å². The van der Waals surface area contributed by atoms with Crippen LogP contribution in [0.2, 0.25) is 0 Å². The Bertz CT molecular complexity index is 558. The number of H-pyrrole nitrogens is 1. The van der Waals surface area contributed by atoms with Gasteiger partial charge in [0.15, 0.2) is 0 Å². The number of nitrogens with one attached hydrogen (secondary N) is 1. The summed E-state index contributed by atoms with van der Waals surface area (Å²) in [5.74, 6) is 0. The summed E-state index contributed by atoms with van der Waals surface area (Å²) in [6.45, 7) is 0. The highest BCUT2D eigenvalue weighted by molar-refractivity contribution is 7.84. The van der Waals surface area contributed by atoms with Gasteiger partial charge in [0, 0.05) is 6.20 Å². The van der Waals surface area contributed by atoms with Crippen LogP contribution < -0.4 is 5.69 Å². The van der Waals surface area contributed by atoms with Gasteiger partial charge in [-0.25, -0.2) is 14.6 Å². The topological polar surface area (TPSA) is 87.5 Å². The van der Waals surface area contributed by atoms with Crippen LogP contribution in [0, 0.1) is 0 Å². The molecule has 0 bridgehead atoms. The molecule has 1 aromatic heterocycles. The summed E-state index contributed by atoms with van der Waals surface area (Å²) in [6, 6.07) is 0.871. The zero-order valence-corrected chi connectivity index (χ0v) is 8.11. The lowest BCUT2D eigenvalue weighted by atomic mass is 10.2. The zero-order valence-electron chi connectivity index (χ0n) is 7.30. The number of hydrogen-bond donors (Lipinski definition) is 1. The van der Waals surface area contributed by atoms with Gasteiger partial charge < -0.3 is 4.98 Å². The molecule has 0 atom stereocenters. The first kappa shape index (κ1) is 9.53. The van der Waals surface area contributed by atoms with E-state index in [1.54, 1.807) is 0 Å². The van der Waals surface area contributed by atoms with Crippen LogP contribution in [-0.2, 0) is 0 Å². The highest BCUT2D eigenvalue weighted by Crippen LogP contribution is 2.02. The van der Waals surface area contributed by atoms with Crippen molar-refractivity contribution in [3.05, 3.63) is 28.4 Å². The van der Waals surface area contributed by atoms with Crippen molar-refractivity contribution in [1.29, 1.82) is 0 Å². The van der Waals surface area contributed by atoms with E-state index >= 15 is 0 Å². The van der Waals surface area contributed by atoms with Crippen LogP contribution in [0.1, 0.15) is 5.69 Å². The van der Waals surface area contributed by atoms with E-state index in [9.17, 15) is 9.59 Å². The van der Waals surface area contributed by atoms with Gasteiger partial charge in [0.25, 0.3) is 0 Å². The van der Waals surface area contributed by atoms with E-state index in [2.05, 4.69) is 20.0 Å². The van der Waals surface area contributed by atoms with Crippen LogP contribution in [-0.4, -0.2) is 32.8 Å². The van der Waals surface area contributed by atoms with E-state index in [1.165, 1.54) is 18.5 Å². The molecule has 15 heavy (non-hydrogen) atoms. The number of carbonyl (C=O) groups is 1. The van der Waals surface area contributed by atoms with Crippen LogP contribution in [0.4, 0.5) is 4.79 Å². The Morgan fingerprint density at radius 2 is 2.13 bits per heavy atom. The molecule has 1 aliphatic heterocycles. The smallest absolute Gasteiger partial charge is 0.304 e. The lowest BCUT2D eigenvalue weighted by Gasteiger charge is -2.05. The Morgan fingerprint density at radius 1 is 1.33 bits per heavy atom. The monoisotopic (exact) mass is 220 g/mol. The number of carbonyl (C=O) groups excluding carboxylic acids is 1. The lowest BCUT2D eigenvalue weighted by molar-refractivity contribution is 0.257. The minimum atomic E-state index is -0.642. The fourth-order valence-corrected chi connectivity index (χ4v) is 1.26. The molecule has 0 fully saturated rings. The van der Waals surface area contributed by atoms with Crippen LogP contribution in [0.3, 0.4) is 0 Å². The van der Waals surface area contributed by atoms with Gasteiger partial charge in [0.2, 0.25) is 0 Å². The first-order valence-electron chi connectivity index (χ1n) is 3.93. The Labute approximate surface area is 88.8 Å². The quantitative estimate of drug-likeness (QED) is 0.681. The highest BCUT2D eigenvalue weighted by atomic mass is 32.1. The van der Waals surface area contributed by atoms with Gasteiger partial charge in [0.1, 0.15) is 5.71 Å². The fraction of sp³-hybridized carbons (Fsp3) is 0. The maximum absolute atomic E-state index is 10.9. The molecule has 7 heteroatoms. The second kappa shape index (κ2) is 3.62. The van der Waals surface area contributed by atoms with Crippen molar-refractivity contribution in [1.82, 2.24) is 9.97 Å². The molecule has 0 aromatic carbocycles. The van der Waals surface area contributed by atoms with Crippen molar-refractivity contribution in [2.45, 2.75) is 0 Å². The van der Waals surface area contributed by atoms with Crippen LogP contribution in [0.5, 0.6) is 0 Å². The molecule has 0 saturated heterocycles. The van der Waals surface area contributed by atoms with E-state index < -0.39 is 11.7 Å². The molecule has 1 N–H and O–H groups in total. The molecule has 1 aromatic rings. The third-order valence-electron chi connectivity index (χ3n) is 1.66. The maximum atomic E-state index is 10.9. The van der Waals surface area contributed by atoms with E-state index in [4.69, 9.17) is 12.2 Å². The molecule has 0 unspecified atom stereocenters. The third-order valence-corrected chi connectivity index (χ3v) is 1.96. The van der Waals surface area contributed by atoms with Crippen LogP contribution >= 0.6 is 12.2 Å². The second-order valence-corrected chi connectivity index (χ2v) is 3.09. The van der Waals surface area contributed by atoms with E-state index in [1.807, 2.05) is 0 Å². The SMILES string of the molecule is O=C1N=CC(=S)C(c2ccnc(=O)[nH]2)=N1. The number of aromatic nitrogens is 2. The summed E-state index contributed by atoms with van der Waals surface area (Å²) in [5.41, 5.74) is 0.0805. The first-order valence-corrected chi connectivity index (χ1v) is 4.34. The number of hydrogen-bond acceptors (Lipinski definition) is 4. The summed E-state index contributed by atoms with van der Waals surface area (Å²) in [5, 5.41) is 0. The van der Waals surface area contributed by atoms with Crippen molar-refractivity contribution < 1.29 is 4.79 Å². The number of urea groups is 1. The summed E-state index contributed by atoms with van der Waals surface area (Å²) in [6.07, 6.45) is 2.55. The maximum Gasteiger partial charge on any atom is 0.367 e. The van der Waals surface area contributed by atoms with Crippen molar-refractivity contribution in [3.63, 3.8) is 0 Å². The van der Waals surface area contributed by atoms with Gasteiger partial charge >= 0.3 is 11.7 Å². The van der Waals surface area contributed by atoms with Crippen molar-refractivity contribution in [3.8, 4) is 0 Å². The van der Waals surface area contributed by atoms with Crippen molar-refractivity contribution in [2.24, 2.45) is 9.98 Å². The summed E-state index contributed by atoms with van der Waals surface area (Å²) in [7, 11) is 0. The fourth-order valence-electron chi connectivity index (χ4n) is 1.05. The number of rotatable bonds is 1. The molecule has 0 saturated carbocycles. The van der Waals surface area contributed by atoms with E-state index in [0.717, 1.165) is 0 Å². The third kappa shape index (κ3) is 1.91. The molecule has 2 amide bonds. The predicted molar refractivity (Wildman–Crippen MR) is 57.9 cm³/mol. The minimum absolute atomic E-state index is 0.240. The molecule has 6 nitrogen and oxygen atoms in total. The average Bonchev–Trinajstić information content (AvgIpc) is 2.22. The Kier molecular flexibility index (Phi) is 2.30. The second-order valence-electron chi connectivity index (χ2n) is 2.65. The number of amides is 2. The Morgan fingerprint density at radius 3 is 2.87 bits per heavy atom. The number of nitrogens with zero attached hydrogens (tertiary/aromatic N) is 3. The summed E-state index contributed by atoms with van der Waals surface area (Å²) < 4.78 is 0. The van der Waals surface area contributed by atoms with Gasteiger partial charge in [0.05, 0.1) is 16.8 Å². The molecule has 74 valence electrons. The highest BCUT2D eigenvalue weighted by Gasteiger charge is 2.15. The summed E-state index contributed by atoms with van der Waals surface area (Å²) >= 11 is 4.93. The standard InChI is InChI=1S/C8H4N4O2S/c13-7-9-2-1-4(11-7)6-5(15)3-10-8(14)12-6/h1-3H,(H,9,11,13). The molecule has 0 spiro atoms. The Balaban J connectivity index is 2.52. The van der Waals surface area contributed by atoms with Gasteiger partial charge in [-0.1, -0.05) is 12.2 Å². The first-order chi connectivity index (χ1) is 7.16. The van der Waals surface area contributed by atoms with Crippen molar-refractivity contribution in [2.75, 3.05) is 0 Å². The predicted octanol–water partition coefficient (Wildman–Crippen LogP) is 0.133. The summed E-state index contributed by atoms with van der Waals surface area (Å²) in [4.78, 5) is 35.1. The normalized spacial score (nSPS) is 15.3. The molecular weight excluding hydrogens is 216 g/mol. The number of aromatic amines is 1. The zero-order chi connectivity index (χ0) is 10.8. The number of thiocarbonyl (C=S) groups is 1.